The first-order valence-corrected chi connectivity index (χ1v) is 8.28. The first kappa shape index (κ1) is 16.9. The van der Waals surface area contributed by atoms with Gasteiger partial charge in [-0.1, -0.05) is 18.2 Å². The predicted octanol–water partition coefficient (Wildman–Crippen LogP) is -0.0408. The van der Waals surface area contributed by atoms with Crippen LogP contribution >= 0.6 is 0 Å². The molecule has 1 aromatic rings. The van der Waals surface area contributed by atoms with Crippen LogP contribution in [-0.4, -0.2) is 65.8 Å². The minimum Gasteiger partial charge on any atom is -0.339 e. The fourth-order valence-corrected chi connectivity index (χ4v) is 3.01. The summed E-state index contributed by atoms with van der Waals surface area (Å²) < 4.78 is 0. The third-order valence-electron chi connectivity index (χ3n) is 4.45. The number of amides is 5. The summed E-state index contributed by atoms with van der Waals surface area (Å²) in [7, 11) is 0. The van der Waals surface area contributed by atoms with Gasteiger partial charge < -0.3 is 15.1 Å². The highest BCUT2D eigenvalue weighted by atomic mass is 16.2. The van der Waals surface area contributed by atoms with E-state index in [0.29, 0.717) is 31.7 Å². The molecular weight excluding hydrogens is 324 g/mol. The highest BCUT2D eigenvalue weighted by molar-refractivity contribution is 6.04. The largest absolute Gasteiger partial charge is 0.339 e. The monoisotopic (exact) mass is 344 g/mol. The second-order valence-corrected chi connectivity index (χ2v) is 6.09. The molecule has 25 heavy (non-hydrogen) atoms. The lowest BCUT2D eigenvalue weighted by molar-refractivity contribution is -0.133. The summed E-state index contributed by atoms with van der Waals surface area (Å²) >= 11 is 0. The Morgan fingerprint density at radius 3 is 2.24 bits per heavy atom. The van der Waals surface area contributed by atoms with Crippen LogP contribution in [0.3, 0.4) is 0 Å². The molecule has 0 unspecified atom stereocenters. The molecule has 0 bridgehead atoms. The van der Waals surface area contributed by atoms with Crippen molar-refractivity contribution in [3.05, 3.63) is 35.9 Å². The van der Waals surface area contributed by atoms with Crippen LogP contribution in [0.4, 0.5) is 4.79 Å². The first-order chi connectivity index (χ1) is 12.0. The van der Waals surface area contributed by atoms with E-state index in [9.17, 15) is 19.2 Å². The summed E-state index contributed by atoms with van der Waals surface area (Å²) in [5, 5.41) is 4.62. The number of imide groups is 1. The van der Waals surface area contributed by atoms with Gasteiger partial charge in [0.2, 0.25) is 5.91 Å². The predicted molar refractivity (Wildman–Crippen MR) is 88.6 cm³/mol. The van der Waals surface area contributed by atoms with Crippen LogP contribution in [0.15, 0.2) is 30.3 Å². The first-order valence-electron chi connectivity index (χ1n) is 8.28. The van der Waals surface area contributed by atoms with Crippen molar-refractivity contribution < 1.29 is 19.2 Å². The minimum atomic E-state index is -0.641. The maximum atomic E-state index is 12.4. The van der Waals surface area contributed by atoms with Crippen LogP contribution in [0.25, 0.3) is 0 Å². The van der Waals surface area contributed by atoms with Crippen molar-refractivity contribution in [2.75, 3.05) is 26.2 Å². The molecule has 0 aromatic heterocycles. The van der Waals surface area contributed by atoms with Crippen molar-refractivity contribution in [1.29, 1.82) is 0 Å². The Morgan fingerprint density at radius 1 is 1.00 bits per heavy atom. The lowest BCUT2D eigenvalue weighted by atomic mass is 10.1. The number of nitrogens with zero attached hydrogens (tertiary/aromatic N) is 2. The molecular formula is C17H20N4O4. The van der Waals surface area contributed by atoms with Gasteiger partial charge in [0.15, 0.2) is 0 Å². The summed E-state index contributed by atoms with van der Waals surface area (Å²) in [5.41, 5.74) is 0.644. The fraction of sp³-hybridized carbons (Fsp3) is 0.412. The maximum Gasteiger partial charge on any atom is 0.322 e. The summed E-state index contributed by atoms with van der Waals surface area (Å²) in [6, 6.07) is 7.91. The summed E-state index contributed by atoms with van der Waals surface area (Å²) in [4.78, 5) is 50.6. The molecule has 0 saturated carbocycles. The van der Waals surface area contributed by atoms with E-state index in [1.165, 1.54) is 0 Å². The number of carbonyl (C=O) groups excluding carboxylic acids is 4. The standard InChI is InChI=1S/C17H20N4O4/c22-14(7-6-13-15(23)19-17(25)18-13)20-8-10-21(11-9-20)16(24)12-4-2-1-3-5-12/h1-5,13H,6-11H2,(H2,18,19,23,25)/t13-/m0/s1. The third-order valence-corrected chi connectivity index (χ3v) is 4.45. The van der Waals surface area contributed by atoms with E-state index in [1.807, 2.05) is 18.2 Å². The molecule has 0 aliphatic carbocycles. The average Bonchev–Trinajstić information content (AvgIpc) is 2.97. The smallest absolute Gasteiger partial charge is 0.322 e. The van der Waals surface area contributed by atoms with Gasteiger partial charge in [0.1, 0.15) is 6.04 Å². The topological polar surface area (TPSA) is 98.8 Å². The SMILES string of the molecule is O=C1NC(=O)[C@H](CCC(=O)N2CCN(C(=O)c3ccccc3)CC2)N1. The second kappa shape index (κ2) is 7.33. The van der Waals surface area contributed by atoms with Crippen molar-refractivity contribution in [3.8, 4) is 0 Å². The number of piperazine rings is 1. The molecule has 1 atom stereocenters. The van der Waals surface area contributed by atoms with Gasteiger partial charge in [-0.25, -0.2) is 4.79 Å². The highest BCUT2D eigenvalue weighted by Gasteiger charge is 2.31. The van der Waals surface area contributed by atoms with Crippen molar-refractivity contribution >= 4 is 23.8 Å². The van der Waals surface area contributed by atoms with Crippen molar-refractivity contribution in [2.24, 2.45) is 0 Å². The number of urea groups is 1. The zero-order chi connectivity index (χ0) is 17.8. The van der Waals surface area contributed by atoms with Crippen LogP contribution in [0.5, 0.6) is 0 Å². The van der Waals surface area contributed by atoms with E-state index in [2.05, 4.69) is 10.6 Å². The average molecular weight is 344 g/mol. The Labute approximate surface area is 145 Å². The Bertz CT molecular complexity index is 683. The molecule has 2 fully saturated rings. The van der Waals surface area contributed by atoms with Gasteiger partial charge in [-0.05, 0) is 18.6 Å². The number of hydrogen-bond donors (Lipinski definition) is 2. The van der Waals surface area contributed by atoms with Gasteiger partial charge in [-0.3, -0.25) is 19.7 Å². The van der Waals surface area contributed by atoms with Crippen LogP contribution in [0, 0.1) is 0 Å². The molecule has 2 N–H and O–H groups in total. The van der Waals surface area contributed by atoms with E-state index in [0.717, 1.165) is 0 Å². The molecule has 5 amide bonds. The molecule has 8 heteroatoms. The zero-order valence-electron chi connectivity index (χ0n) is 13.7. The van der Waals surface area contributed by atoms with Crippen LogP contribution in [-0.2, 0) is 9.59 Å². The zero-order valence-corrected chi connectivity index (χ0v) is 13.7. The van der Waals surface area contributed by atoms with Gasteiger partial charge in [0.25, 0.3) is 11.8 Å². The van der Waals surface area contributed by atoms with E-state index in [4.69, 9.17) is 0 Å². The molecule has 2 aliphatic rings. The normalized spacial score (nSPS) is 20.2. The van der Waals surface area contributed by atoms with E-state index >= 15 is 0 Å². The van der Waals surface area contributed by atoms with Crippen molar-refractivity contribution in [1.82, 2.24) is 20.4 Å². The van der Waals surface area contributed by atoms with Crippen LogP contribution in [0.2, 0.25) is 0 Å². The molecule has 0 radical (unpaired) electrons. The lowest BCUT2D eigenvalue weighted by Gasteiger charge is -2.35. The molecule has 0 spiro atoms. The van der Waals surface area contributed by atoms with Gasteiger partial charge in [-0.15, -0.1) is 0 Å². The van der Waals surface area contributed by atoms with Gasteiger partial charge in [0.05, 0.1) is 0 Å². The minimum absolute atomic E-state index is 0.0296. The molecule has 1 aromatic carbocycles. The molecule has 3 rings (SSSR count). The third kappa shape index (κ3) is 3.96. The molecule has 2 heterocycles. The number of rotatable bonds is 4. The quantitative estimate of drug-likeness (QED) is 0.749. The number of benzene rings is 1. The summed E-state index contributed by atoms with van der Waals surface area (Å²) in [6.07, 6.45) is 0.463. The van der Waals surface area contributed by atoms with Crippen molar-refractivity contribution in [2.45, 2.75) is 18.9 Å². The van der Waals surface area contributed by atoms with Gasteiger partial charge >= 0.3 is 6.03 Å². The number of nitrogens with one attached hydrogen (secondary N) is 2. The van der Waals surface area contributed by atoms with Crippen molar-refractivity contribution in [3.63, 3.8) is 0 Å². The second-order valence-electron chi connectivity index (χ2n) is 6.09. The Kier molecular flexibility index (Phi) is 4.97. The Balaban J connectivity index is 1.45. The maximum absolute atomic E-state index is 12.4. The van der Waals surface area contributed by atoms with Gasteiger partial charge in [0, 0.05) is 38.2 Å². The van der Waals surface area contributed by atoms with E-state index in [1.54, 1.807) is 21.9 Å². The molecule has 2 saturated heterocycles. The molecule has 132 valence electrons. The number of hydrogen-bond acceptors (Lipinski definition) is 4. The Morgan fingerprint density at radius 2 is 1.64 bits per heavy atom. The fourth-order valence-electron chi connectivity index (χ4n) is 3.01. The Hall–Kier alpha value is -2.90. The van der Waals surface area contributed by atoms with Gasteiger partial charge in [-0.2, -0.15) is 0 Å². The summed E-state index contributed by atoms with van der Waals surface area (Å²) in [5.74, 6) is -0.491. The summed E-state index contributed by atoms with van der Waals surface area (Å²) in [6.45, 7) is 1.92. The lowest BCUT2D eigenvalue weighted by Crippen LogP contribution is -2.50. The van der Waals surface area contributed by atoms with E-state index < -0.39 is 18.0 Å². The van der Waals surface area contributed by atoms with Crippen LogP contribution in [0.1, 0.15) is 23.2 Å². The number of carbonyl (C=O) groups is 4. The van der Waals surface area contributed by atoms with Crippen LogP contribution < -0.4 is 10.6 Å². The molecule has 2 aliphatic heterocycles. The highest BCUT2D eigenvalue weighted by Crippen LogP contribution is 2.11. The van der Waals surface area contributed by atoms with E-state index in [-0.39, 0.29) is 24.7 Å². The molecule has 8 nitrogen and oxygen atoms in total.